The monoisotopic (exact) mass is 414 g/mol. The van der Waals surface area contributed by atoms with Crippen LogP contribution in [0.2, 0.25) is 5.02 Å². The van der Waals surface area contributed by atoms with Gasteiger partial charge in [0.15, 0.2) is 11.5 Å². The first-order valence-electron chi connectivity index (χ1n) is 8.67. The molecule has 28 heavy (non-hydrogen) atoms. The highest BCUT2D eigenvalue weighted by Gasteiger charge is 2.33. The van der Waals surface area contributed by atoms with E-state index in [1.165, 1.54) is 11.5 Å². The zero-order valence-corrected chi connectivity index (χ0v) is 16.4. The summed E-state index contributed by atoms with van der Waals surface area (Å²) in [5.41, 5.74) is 3.35. The molecule has 0 unspecified atom stereocenters. The summed E-state index contributed by atoms with van der Waals surface area (Å²) in [5, 5.41) is 3.65. The van der Waals surface area contributed by atoms with Crippen molar-refractivity contribution in [2.75, 3.05) is 19.2 Å². The van der Waals surface area contributed by atoms with Crippen molar-refractivity contribution in [1.29, 1.82) is 0 Å². The van der Waals surface area contributed by atoms with Crippen LogP contribution in [0.1, 0.15) is 22.8 Å². The Morgan fingerprint density at radius 3 is 2.86 bits per heavy atom. The van der Waals surface area contributed by atoms with Gasteiger partial charge < -0.3 is 19.5 Å². The zero-order valence-electron chi connectivity index (χ0n) is 14.8. The molecule has 0 aliphatic carbocycles. The summed E-state index contributed by atoms with van der Waals surface area (Å²) >= 11 is 7.39. The molecular weight excluding hydrogens is 400 g/mol. The quantitative estimate of drug-likeness (QED) is 0.674. The number of hydrogen-bond donors (Lipinski definition) is 1. The Morgan fingerprint density at radius 2 is 2.07 bits per heavy atom. The number of methoxy groups -OCH3 is 1. The van der Waals surface area contributed by atoms with E-state index in [-0.39, 0.29) is 18.6 Å². The van der Waals surface area contributed by atoms with Crippen molar-refractivity contribution in [2.45, 2.75) is 12.3 Å². The van der Waals surface area contributed by atoms with Crippen LogP contribution in [-0.4, -0.2) is 24.2 Å². The second-order valence-corrected chi connectivity index (χ2v) is 7.78. The highest BCUT2D eigenvalue weighted by atomic mass is 35.5. The average Bonchev–Trinajstić information content (AvgIpc) is 3.34. The lowest BCUT2D eigenvalue weighted by Crippen LogP contribution is -2.22. The first-order valence-corrected chi connectivity index (χ1v) is 9.82. The molecule has 1 aromatic heterocycles. The second kappa shape index (κ2) is 6.68. The van der Waals surface area contributed by atoms with Crippen molar-refractivity contribution < 1.29 is 19.0 Å². The van der Waals surface area contributed by atoms with Gasteiger partial charge in [0, 0.05) is 22.9 Å². The van der Waals surface area contributed by atoms with E-state index in [0.29, 0.717) is 28.7 Å². The number of hydrogen-bond acceptors (Lipinski definition) is 6. The van der Waals surface area contributed by atoms with Gasteiger partial charge in [-0.1, -0.05) is 23.7 Å². The fraction of sp³-hybridized carbons (Fsp3) is 0.200. The first-order chi connectivity index (χ1) is 13.6. The van der Waals surface area contributed by atoms with Crippen molar-refractivity contribution in [3.05, 3.63) is 51.9 Å². The van der Waals surface area contributed by atoms with Gasteiger partial charge in [-0.3, -0.25) is 4.79 Å². The van der Waals surface area contributed by atoms with Crippen LogP contribution < -0.4 is 19.5 Å². The molecule has 2 aliphatic heterocycles. The predicted molar refractivity (Wildman–Crippen MR) is 107 cm³/mol. The van der Waals surface area contributed by atoms with Gasteiger partial charge in [0.1, 0.15) is 5.69 Å². The van der Waals surface area contributed by atoms with Crippen molar-refractivity contribution >= 4 is 34.7 Å². The minimum Gasteiger partial charge on any atom is -0.493 e. The smallest absolute Gasteiger partial charge is 0.231 e. The maximum Gasteiger partial charge on any atom is 0.231 e. The molecule has 6 nitrogen and oxygen atoms in total. The summed E-state index contributed by atoms with van der Waals surface area (Å²) in [5.74, 6) is 1.64. The number of benzene rings is 2. The van der Waals surface area contributed by atoms with E-state index in [2.05, 4.69) is 9.69 Å². The molecular formula is C20H15ClN2O4S. The number of ether oxygens (including phenoxy) is 3. The van der Waals surface area contributed by atoms with E-state index < -0.39 is 0 Å². The highest BCUT2D eigenvalue weighted by Crippen LogP contribution is 2.49. The molecule has 3 aromatic rings. The van der Waals surface area contributed by atoms with Crippen molar-refractivity contribution in [2.24, 2.45) is 0 Å². The van der Waals surface area contributed by atoms with Crippen LogP contribution in [0.25, 0.3) is 11.3 Å². The third-order valence-electron chi connectivity index (χ3n) is 4.89. The number of amides is 1. The number of fused-ring (bicyclic) bond motifs is 2. The fourth-order valence-electron chi connectivity index (χ4n) is 3.56. The van der Waals surface area contributed by atoms with E-state index in [0.717, 1.165) is 27.4 Å². The van der Waals surface area contributed by atoms with Crippen molar-refractivity contribution in [3.8, 4) is 28.5 Å². The molecule has 2 aromatic carbocycles. The van der Waals surface area contributed by atoms with Gasteiger partial charge in [-0.05, 0) is 41.4 Å². The van der Waals surface area contributed by atoms with Crippen molar-refractivity contribution in [3.63, 3.8) is 0 Å². The molecule has 1 N–H and O–H groups in total. The minimum absolute atomic E-state index is 0.0513. The number of halogens is 1. The van der Waals surface area contributed by atoms with Crippen LogP contribution in [0.3, 0.4) is 0 Å². The normalized spacial score (nSPS) is 17.2. The van der Waals surface area contributed by atoms with Gasteiger partial charge in [-0.25, -0.2) is 0 Å². The number of carbonyl (C=O) groups is 1. The van der Waals surface area contributed by atoms with E-state index in [1.54, 1.807) is 7.11 Å². The lowest BCUT2D eigenvalue weighted by Gasteiger charge is -2.23. The summed E-state index contributed by atoms with van der Waals surface area (Å²) in [7, 11) is 1.59. The average molecular weight is 415 g/mol. The molecule has 0 radical (unpaired) electrons. The Balaban J connectivity index is 1.61. The molecule has 0 spiro atoms. The maximum absolute atomic E-state index is 12.5. The molecule has 8 heteroatoms. The number of rotatable bonds is 3. The van der Waals surface area contributed by atoms with Gasteiger partial charge in [0.2, 0.25) is 18.4 Å². The van der Waals surface area contributed by atoms with Gasteiger partial charge in [-0.2, -0.15) is 4.37 Å². The molecule has 0 saturated carbocycles. The third kappa shape index (κ3) is 2.78. The van der Waals surface area contributed by atoms with Gasteiger partial charge in [0.05, 0.1) is 17.7 Å². The summed E-state index contributed by atoms with van der Waals surface area (Å²) in [6, 6.07) is 11.2. The number of nitrogens with zero attached hydrogens (tertiary/aromatic N) is 1. The largest absolute Gasteiger partial charge is 0.493 e. The third-order valence-corrected chi connectivity index (χ3v) is 6.10. The maximum atomic E-state index is 12.5. The summed E-state index contributed by atoms with van der Waals surface area (Å²) in [6.07, 6.45) is 0.331. The van der Waals surface area contributed by atoms with Crippen molar-refractivity contribution in [1.82, 2.24) is 4.37 Å². The van der Waals surface area contributed by atoms with Crippen LogP contribution in [0.4, 0.5) is 5.69 Å². The molecule has 5 rings (SSSR count). The lowest BCUT2D eigenvalue weighted by molar-refractivity contribution is -0.116. The highest BCUT2D eigenvalue weighted by molar-refractivity contribution is 7.07. The van der Waals surface area contributed by atoms with E-state index in [4.69, 9.17) is 25.8 Å². The molecule has 1 amide bonds. The Hall–Kier alpha value is -2.77. The van der Waals surface area contributed by atoms with E-state index in [9.17, 15) is 4.79 Å². The van der Waals surface area contributed by atoms with E-state index >= 15 is 0 Å². The van der Waals surface area contributed by atoms with E-state index in [1.807, 2.05) is 36.4 Å². The van der Waals surface area contributed by atoms with Crippen LogP contribution in [0.15, 0.2) is 36.4 Å². The van der Waals surface area contributed by atoms with Crippen LogP contribution in [0, 0.1) is 0 Å². The molecule has 0 fully saturated rings. The molecule has 0 bridgehead atoms. The number of nitrogens with one attached hydrogen (secondary N) is 1. The minimum atomic E-state index is -0.134. The molecule has 0 saturated heterocycles. The number of aromatic nitrogens is 1. The molecule has 2 aliphatic rings. The van der Waals surface area contributed by atoms with Crippen LogP contribution >= 0.6 is 23.1 Å². The zero-order chi connectivity index (χ0) is 19.3. The standard InChI is InChI=1S/C20H15ClN2O4S/c1-25-14-6-11(7-15-19(14)27-9-26-15)13-8-16(24)22-18-17(23-28-20(13)18)10-2-4-12(21)5-3-10/h2-7,13H,8-9H2,1H3,(H,22,24)/t13-/m1/s1. The Morgan fingerprint density at radius 1 is 1.25 bits per heavy atom. The summed E-state index contributed by atoms with van der Waals surface area (Å²) < 4.78 is 21.1. The van der Waals surface area contributed by atoms with Gasteiger partial charge >= 0.3 is 0 Å². The molecule has 1 atom stereocenters. The Kier molecular flexibility index (Phi) is 4.14. The summed E-state index contributed by atoms with van der Waals surface area (Å²) in [4.78, 5) is 13.5. The van der Waals surface area contributed by atoms with Crippen LogP contribution in [0.5, 0.6) is 17.2 Å². The second-order valence-electron chi connectivity index (χ2n) is 6.54. The van der Waals surface area contributed by atoms with Gasteiger partial charge in [-0.15, -0.1) is 0 Å². The van der Waals surface area contributed by atoms with Gasteiger partial charge in [0.25, 0.3) is 0 Å². The number of anilines is 1. The Labute approximate surface area is 170 Å². The SMILES string of the molecule is COc1cc([C@H]2CC(=O)Nc3c(-c4ccc(Cl)cc4)nsc32)cc2c1OCO2. The molecule has 3 heterocycles. The molecule has 142 valence electrons. The fourth-order valence-corrected chi connectivity index (χ4v) is 4.65. The summed E-state index contributed by atoms with van der Waals surface area (Å²) in [6.45, 7) is 0.160. The Bertz CT molecular complexity index is 1080. The van der Waals surface area contributed by atoms with Crippen LogP contribution in [-0.2, 0) is 4.79 Å². The lowest BCUT2D eigenvalue weighted by atomic mass is 9.89. The predicted octanol–water partition coefficient (Wildman–Crippen LogP) is 4.67. The number of carbonyl (C=O) groups excluding carboxylic acids is 1. The first kappa shape index (κ1) is 17.3. The topological polar surface area (TPSA) is 69.7 Å².